The molecule has 0 amide bonds. The van der Waals surface area contributed by atoms with Gasteiger partial charge in [-0.2, -0.15) is 0 Å². The van der Waals surface area contributed by atoms with Crippen LogP contribution in [0.1, 0.15) is 51.4 Å². The summed E-state index contributed by atoms with van der Waals surface area (Å²) in [6.07, 6.45) is 10.8. The molecule has 21 heavy (non-hydrogen) atoms. The van der Waals surface area contributed by atoms with Crippen LogP contribution in [0.4, 0.5) is 5.69 Å². The van der Waals surface area contributed by atoms with Crippen molar-refractivity contribution in [2.24, 2.45) is 10.6 Å². The molecule has 1 spiro atoms. The van der Waals surface area contributed by atoms with Crippen molar-refractivity contribution in [3.63, 3.8) is 0 Å². The van der Waals surface area contributed by atoms with Gasteiger partial charge in [0.15, 0.2) is 0 Å². The van der Waals surface area contributed by atoms with Gasteiger partial charge in [0.25, 0.3) is 0 Å². The molecule has 5 heteroatoms. The number of primary sulfonamides is 1. The molecule has 0 saturated heterocycles. The Bertz CT molecular complexity index is 579. The zero-order valence-electron chi connectivity index (χ0n) is 12.3. The zero-order chi connectivity index (χ0) is 14.9. The highest BCUT2D eigenvalue weighted by molar-refractivity contribution is 7.89. The van der Waals surface area contributed by atoms with Crippen LogP contribution in [-0.4, -0.2) is 14.5 Å². The summed E-state index contributed by atoms with van der Waals surface area (Å²) in [5.41, 5.74) is 1.63. The van der Waals surface area contributed by atoms with E-state index >= 15 is 0 Å². The molecule has 0 unspecified atom stereocenters. The van der Waals surface area contributed by atoms with Crippen LogP contribution < -0.4 is 10.5 Å². The summed E-state index contributed by atoms with van der Waals surface area (Å²) in [6.45, 7) is 0. The molecule has 1 aromatic carbocycles. The van der Waals surface area contributed by atoms with E-state index in [1.54, 1.807) is 24.3 Å². The van der Waals surface area contributed by atoms with Crippen LogP contribution in [0.3, 0.4) is 0 Å². The van der Waals surface area contributed by atoms with Crippen LogP contribution in [0.25, 0.3) is 0 Å². The highest BCUT2D eigenvalue weighted by Crippen LogP contribution is 2.49. The average Bonchev–Trinajstić information content (AvgIpc) is 2.90. The lowest BCUT2D eigenvalue weighted by Gasteiger charge is -2.37. The fourth-order valence-electron chi connectivity index (χ4n) is 3.98. The molecule has 2 aliphatic carbocycles. The Balaban J connectivity index is 1.58. The van der Waals surface area contributed by atoms with Crippen molar-refractivity contribution in [3.05, 3.63) is 24.3 Å². The van der Waals surface area contributed by atoms with E-state index in [1.165, 1.54) is 51.4 Å². The molecule has 3 N–H and O–H groups in total. The Morgan fingerprint density at radius 2 is 1.57 bits per heavy atom. The maximum absolute atomic E-state index is 11.2. The number of sulfonamides is 1. The molecule has 0 aliphatic heterocycles. The van der Waals surface area contributed by atoms with Crippen molar-refractivity contribution in [2.45, 2.75) is 62.3 Å². The molecule has 3 rings (SSSR count). The summed E-state index contributed by atoms with van der Waals surface area (Å²) < 4.78 is 22.5. The van der Waals surface area contributed by atoms with E-state index in [-0.39, 0.29) is 4.90 Å². The highest BCUT2D eigenvalue weighted by Gasteiger charge is 2.37. The summed E-state index contributed by atoms with van der Waals surface area (Å²) in [5.74, 6) is 0. The lowest BCUT2D eigenvalue weighted by atomic mass is 9.71. The fraction of sp³-hybridized carbons (Fsp3) is 0.625. The Hall–Kier alpha value is -1.07. The molecule has 2 saturated carbocycles. The molecule has 1 aromatic rings. The van der Waals surface area contributed by atoms with Crippen molar-refractivity contribution < 1.29 is 8.42 Å². The third-order valence-electron chi connectivity index (χ3n) is 5.26. The molecule has 0 heterocycles. The number of hydrogen-bond donors (Lipinski definition) is 2. The predicted octanol–water partition coefficient (Wildman–Crippen LogP) is 3.25. The molecule has 116 valence electrons. The van der Waals surface area contributed by atoms with Gasteiger partial charge in [0.1, 0.15) is 0 Å². The number of nitrogens with one attached hydrogen (secondary N) is 1. The van der Waals surface area contributed by atoms with E-state index in [1.807, 2.05) is 0 Å². The minimum absolute atomic E-state index is 0.168. The number of benzene rings is 1. The fourth-order valence-corrected chi connectivity index (χ4v) is 4.49. The number of anilines is 1. The first-order chi connectivity index (χ1) is 9.97. The van der Waals surface area contributed by atoms with Gasteiger partial charge in [-0.15, -0.1) is 0 Å². The first kappa shape index (κ1) is 14.9. The van der Waals surface area contributed by atoms with E-state index in [0.29, 0.717) is 11.5 Å². The van der Waals surface area contributed by atoms with Gasteiger partial charge >= 0.3 is 0 Å². The summed E-state index contributed by atoms with van der Waals surface area (Å²) in [7, 11) is -3.60. The standard InChI is InChI=1S/C16H24N2O2S/c17-21(19,20)15-5-3-13(4-6-15)18-14-7-11-16(12-8-14)9-1-2-10-16/h3-6,14,18H,1-2,7-12H2,(H2,17,19,20). The summed E-state index contributed by atoms with van der Waals surface area (Å²) in [5, 5.41) is 8.64. The van der Waals surface area contributed by atoms with E-state index < -0.39 is 10.0 Å². The molecule has 2 fully saturated rings. The number of nitrogens with two attached hydrogens (primary N) is 1. The molecular weight excluding hydrogens is 284 g/mol. The predicted molar refractivity (Wildman–Crippen MR) is 84.6 cm³/mol. The molecule has 0 aromatic heterocycles. The third-order valence-corrected chi connectivity index (χ3v) is 6.19. The van der Waals surface area contributed by atoms with E-state index in [2.05, 4.69) is 5.32 Å². The average molecular weight is 308 g/mol. The molecule has 0 atom stereocenters. The lowest BCUT2D eigenvalue weighted by molar-refractivity contribution is 0.188. The molecule has 0 bridgehead atoms. The van der Waals surface area contributed by atoms with Gasteiger partial charge in [-0.1, -0.05) is 12.8 Å². The van der Waals surface area contributed by atoms with E-state index in [0.717, 1.165) is 5.69 Å². The normalized spacial score (nSPS) is 22.5. The van der Waals surface area contributed by atoms with Gasteiger partial charge in [-0.05, 0) is 68.2 Å². The van der Waals surface area contributed by atoms with Gasteiger partial charge in [0, 0.05) is 11.7 Å². The Kier molecular flexibility index (Phi) is 3.97. The second-order valence-corrected chi connectivity index (χ2v) is 8.26. The smallest absolute Gasteiger partial charge is 0.238 e. The highest BCUT2D eigenvalue weighted by atomic mass is 32.2. The van der Waals surface area contributed by atoms with Crippen LogP contribution in [-0.2, 0) is 10.0 Å². The van der Waals surface area contributed by atoms with Crippen LogP contribution in [0.5, 0.6) is 0 Å². The first-order valence-electron chi connectivity index (χ1n) is 7.86. The van der Waals surface area contributed by atoms with Crippen LogP contribution in [0.15, 0.2) is 29.2 Å². The maximum Gasteiger partial charge on any atom is 0.238 e. The SMILES string of the molecule is NS(=O)(=O)c1ccc(NC2CCC3(CCCC3)CC2)cc1. The first-order valence-corrected chi connectivity index (χ1v) is 9.41. The summed E-state index contributed by atoms with van der Waals surface area (Å²) in [6, 6.07) is 7.26. The zero-order valence-corrected chi connectivity index (χ0v) is 13.2. The topological polar surface area (TPSA) is 72.2 Å². The second kappa shape index (κ2) is 5.61. The molecule has 4 nitrogen and oxygen atoms in total. The van der Waals surface area contributed by atoms with Crippen molar-refractivity contribution >= 4 is 15.7 Å². The summed E-state index contributed by atoms with van der Waals surface area (Å²) >= 11 is 0. The van der Waals surface area contributed by atoms with Crippen molar-refractivity contribution in [1.29, 1.82) is 0 Å². The van der Waals surface area contributed by atoms with Gasteiger partial charge in [-0.25, -0.2) is 13.6 Å². The van der Waals surface area contributed by atoms with Crippen LogP contribution in [0.2, 0.25) is 0 Å². The lowest BCUT2D eigenvalue weighted by Crippen LogP contribution is -2.31. The number of hydrogen-bond acceptors (Lipinski definition) is 3. The Morgan fingerprint density at radius 3 is 2.10 bits per heavy atom. The van der Waals surface area contributed by atoms with Crippen LogP contribution >= 0.6 is 0 Å². The van der Waals surface area contributed by atoms with E-state index in [4.69, 9.17) is 5.14 Å². The Morgan fingerprint density at radius 1 is 1.00 bits per heavy atom. The minimum atomic E-state index is -3.60. The Labute approximate surface area is 127 Å². The third kappa shape index (κ3) is 3.40. The second-order valence-electron chi connectivity index (χ2n) is 6.70. The summed E-state index contributed by atoms with van der Waals surface area (Å²) in [4.78, 5) is 0.168. The minimum Gasteiger partial charge on any atom is -0.382 e. The molecule has 2 aliphatic rings. The van der Waals surface area contributed by atoms with Gasteiger partial charge in [0.05, 0.1) is 4.90 Å². The molecular formula is C16H24N2O2S. The van der Waals surface area contributed by atoms with Gasteiger partial charge < -0.3 is 5.32 Å². The monoisotopic (exact) mass is 308 g/mol. The van der Waals surface area contributed by atoms with Crippen LogP contribution in [0, 0.1) is 5.41 Å². The largest absolute Gasteiger partial charge is 0.382 e. The van der Waals surface area contributed by atoms with Gasteiger partial charge in [0.2, 0.25) is 10.0 Å². The number of rotatable bonds is 3. The van der Waals surface area contributed by atoms with Crippen molar-refractivity contribution in [3.8, 4) is 0 Å². The van der Waals surface area contributed by atoms with Crippen molar-refractivity contribution in [2.75, 3.05) is 5.32 Å². The quantitative estimate of drug-likeness (QED) is 0.900. The van der Waals surface area contributed by atoms with E-state index in [9.17, 15) is 8.42 Å². The van der Waals surface area contributed by atoms with Gasteiger partial charge in [-0.3, -0.25) is 0 Å². The molecule has 0 radical (unpaired) electrons. The maximum atomic E-state index is 11.2. The van der Waals surface area contributed by atoms with Crippen molar-refractivity contribution in [1.82, 2.24) is 0 Å².